The summed E-state index contributed by atoms with van der Waals surface area (Å²) in [6.07, 6.45) is 8.85. The number of ketones is 1. The Balaban J connectivity index is 1.60. The lowest BCUT2D eigenvalue weighted by Gasteiger charge is -2.60. The quantitative estimate of drug-likeness (QED) is 0.586. The lowest BCUT2D eigenvalue weighted by Crippen LogP contribution is -2.54. The molecule has 0 aromatic heterocycles. The van der Waals surface area contributed by atoms with E-state index in [1.165, 1.54) is 18.4 Å². The maximum Gasteiger partial charge on any atom is 0.186 e. The molecule has 25 heavy (non-hydrogen) atoms. The fourth-order valence-corrected chi connectivity index (χ4v) is 8.32. The van der Waals surface area contributed by atoms with Crippen molar-refractivity contribution in [2.24, 2.45) is 34.5 Å². The second-order valence-corrected chi connectivity index (χ2v) is 11.2. The Bertz CT molecular complexity index is 626. The Morgan fingerprint density at radius 1 is 1.16 bits per heavy atom. The van der Waals surface area contributed by atoms with Crippen LogP contribution in [0.4, 0.5) is 0 Å². The molecule has 0 heterocycles. The fraction of sp³-hybridized carbons (Fsp3) is 0.818. The van der Waals surface area contributed by atoms with Crippen LogP contribution in [0.15, 0.2) is 12.2 Å². The molecule has 0 aromatic rings. The lowest BCUT2D eigenvalue weighted by atomic mass is 9.44. The van der Waals surface area contributed by atoms with Gasteiger partial charge < -0.3 is 0 Å². The SMILES string of the molecule is C=C1C[C@@H]2[C@H](CC[C@]3(C)C(=O)CC[C@@H]23)[C@@]2(C)CC[C@@H](SC(C)=O)CC12. The van der Waals surface area contributed by atoms with Crippen LogP contribution >= 0.6 is 11.8 Å². The van der Waals surface area contributed by atoms with Crippen LogP contribution in [0.25, 0.3) is 0 Å². The Morgan fingerprint density at radius 3 is 2.64 bits per heavy atom. The van der Waals surface area contributed by atoms with Gasteiger partial charge in [-0.05, 0) is 74.0 Å². The van der Waals surface area contributed by atoms with Gasteiger partial charge in [0.2, 0.25) is 0 Å². The maximum absolute atomic E-state index is 12.5. The topological polar surface area (TPSA) is 34.1 Å². The summed E-state index contributed by atoms with van der Waals surface area (Å²) >= 11 is 1.55. The zero-order valence-corrected chi connectivity index (χ0v) is 16.8. The molecule has 0 radical (unpaired) electrons. The van der Waals surface area contributed by atoms with Crippen molar-refractivity contribution < 1.29 is 9.59 Å². The van der Waals surface area contributed by atoms with Gasteiger partial charge in [-0.15, -0.1) is 0 Å². The van der Waals surface area contributed by atoms with E-state index in [9.17, 15) is 9.59 Å². The highest BCUT2D eigenvalue weighted by Gasteiger charge is 2.60. The summed E-state index contributed by atoms with van der Waals surface area (Å²) in [5, 5.41) is 0.733. The molecule has 2 nitrogen and oxygen atoms in total. The molecule has 4 rings (SSSR count). The molecule has 3 heteroatoms. The van der Waals surface area contributed by atoms with Crippen molar-refractivity contribution in [1.29, 1.82) is 0 Å². The van der Waals surface area contributed by atoms with E-state index in [1.54, 1.807) is 18.7 Å². The van der Waals surface area contributed by atoms with Gasteiger partial charge in [0.05, 0.1) is 0 Å². The zero-order valence-electron chi connectivity index (χ0n) is 16.0. The Kier molecular flexibility index (Phi) is 4.26. The van der Waals surface area contributed by atoms with Crippen molar-refractivity contribution in [1.82, 2.24) is 0 Å². The Labute approximate surface area is 156 Å². The van der Waals surface area contributed by atoms with E-state index in [1.807, 2.05) is 0 Å². The van der Waals surface area contributed by atoms with Gasteiger partial charge in [-0.25, -0.2) is 0 Å². The third kappa shape index (κ3) is 2.59. The van der Waals surface area contributed by atoms with Gasteiger partial charge in [0.1, 0.15) is 5.78 Å². The molecule has 4 aliphatic rings. The van der Waals surface area contributed by atoms with Crippen molar-refractivity contribution in [3.63, 3.8) is 0 Å². The van der Waals surface area contributed by atoms with Crippen molar-refractivity contribution in [3.8, 4) is 0 Å². The molecule has 4 aliphatic carbocycles. The highest BCUT2D eigenvalue weighted by Crippen LogP contribution is 2.66. The maximum atomic E-state index is 12.5. The van der Waals surface area contributed by atoms with E-state index in [4.69, 9.17) is 0 Å². The summed E-state index contributed by atoms with van der Waals surface area (Å²) in [5.74, 6) is 3.08. The average Bonchev–Trinajstić information content (AvgIpc) is 2.84. The van der Waals surface area contributed by atoms with Crippen LogP contribution in [-0.2, 0) is 9.59 Å². The molecule has 7 atom stereocenters. The molecule has 0 amide bonds. The molecular weight excluding hydrogens is 328 g/mol. The number of carbonyl (C=O) groups is 2. The summed E-state index contributed by atoms with van der Waals surface area (Å²) in [6.45, 7) is 11.0. The van der Waals surface area contributed by atoms with E-state index >= 15 is 0 Å². The minimum atomic E-state index is -0.0493. The van der Waals surface area contributed by atoms with Gasteiger partial charge in [0.25, 0.3) is 0 Å². The fourth-order valence-electron chi connectivity index (χ4n) is 7.32. The van der Waals surface area contributed by atoms with Crippen LogP contribution in [0.3, 0.4) is 0 Å². The summed E-state index contributed by atoms with van der Waals surface area (Å²) in [7, 11) is 0. The number of hydrogen-bond donors (Lipinski definition) is 0. The number of allylic oxidation sites excluding steroid dienone is 1. The average molecular weight is 361 g/mol. The normalized spacial score (nSPS) is 49.3. The van der Waals surface area contributed by atoms with E-state index in [0.717, 1.165) is 44.4 Å². The number of Topliss-reactive ketones (excluding diaryl/α,β-unsaturated/α-hetero) is 1. The van der Waals surface area contributed by atoms with Gasteiger partial charge >= 0.3 is 0 Å². The van der Waals surface area contributed by atoms with Crippen molar-refractivity contribution in [2.75, 3.05) is 0 Å². The number of fused-ring (bicyclic) bond motifs is 5. The van der Waals surface area contributed by atoms with Crippen molar-refractivity contribution in [2.45, 2.75) is 77.4 Å². The third-order valence-corrected chi connectivity index (χ3v) is 9.71. The van der Waals surface area contributed by atoms with Crippen LogP contribution in [0.1, 0.15) is 72.1 Å². The van der Waals surface area contributed by atoms with E-state index in [0.29, 0.717) is 34.2 Å². The first kappa shape index (κ1) is 17.8. The molecule has 138 valence electrons. The molecule has 0 aliphatic heterocycles. The first-order chi connectivity index (χ1) is 11.8. The van der Waals surface area contributed by atoms with Crippen LogP contribution < -0.4 is 0 Å². The highest BCUT2D eigenvalue weighted by molar-refractivity contribution is 8.14. The van der Waals surface area contributed by atoms with Crippen molar-refractivity contribution in [3.05, 3.63) is 12.2 Å². The standard InChI is InChI=1S/C22H32O2S/c1-13-11-16-17-5-6-20(24)22(17,4)10-8-18(16)21(3)9-7-15(12-19(13)21)25-14(2)23/h15-19H,1,5-12H2,2-4H3/t15-,16+,17+,18+,19?,21-,22+/m1/s1. The van der Waals surface area contributed by atoms with E-state index in [2.05, 4.69) is 20.4 Å². The minimum Gasteiger partial charge on any atom is -0.299 e. The van der Waals surface area contributed by atoms with E-state index < -0.39 is 0 Å². The molecule has 0 saturated heterocycles. The first-order valence-corrected chi connectivity index (χ1v) is 11.0. The van der Waals surface area contributed by atoms with Crippen LogP contribution in [-0.4, -0.2) is 16.1 Å². The van der Waals surface area contributed by atoms with E-state index in [-0.39, 0.29) is 10.5 Å². The predicted molar refractivity (Wildman–Crippen MR) is 103 cm³/mol. The number of rotatable bonds is 1. The predicted octanol–water partition coefficient (Wildman–Crippen LogP) is 5.41. The Morgan fingerprint density at radius 2 is 1.92 bits per heavy atom. The first-order valence-electron chi connectivity index (χ1n) is 10.1. The summed E-state index contributed by atoms with van der Waals surface area (Å²) in [6, 6.07) is 0. The van der Waals surface area contributed by atoms with Crippen LogP contribution in [0.5, 0.6) is 0 Å². The van der Waals surface area contributed by atoms with Crippen LogP contribution in [0, 0.1) is 34.5 Å². The second kappa shape index (κ2) is 5.97. The Hall–Kier alpha value is -0.570. The molecule has 0 bridgehead atoms. The lowest BCUT2D eigenvalue weighted by molar-refractivity contribution is -0.135. The van der Waals surface area contributed by atoms with Crippen molar-refractivity contribution >= 4 is 22.7 Å². The van der Waals surface area contributed by atoms with Gasteiger partial charge in [-0.3, -0.25) is 9.59 Å². The zero-order chi connectivity index (χ0) is 18.0. The molecule has 4 fully saturated rings. The van der Waals surface area contributed by atoms with Gasteiger partial charge in [0, 0.05) is 24.0 Å². The smallest absolute Gasteiger partial charge is 0.186 e. The number of hydrogen-bond acceptors (Lipinski definition) is 3. The third-order valence-electron chi connectivity index (χ3n) is 8.62. The number of carbonyl (C=O) groups excluding carboxylic acids is 2. The monoisotopic (exact) mass is 360 g/mol. The largest absolute Gasteiger partial charge is 0.299 e. The highest BCUT2D eigenvalue weighted by atomic mass is 32.2. The summed E-state index contributed by atoms with van der Waals surface area (Å²) < 4.78 is 0. The molecule has 0 N–H and O–H groups in total. The molecule has 0 aromatic carbocycles. The van der Waals surface area contributed by atoms with Crippen LogP contribution in [0.2, 0.25) is 0 Å². The second-order valence-electron chi connectivity index (χ2n) is 9.72. The summed E-state index contributed by atoms with van der Waals surface area (Å²) in [5.41, 5.74) is 1.70. The van der Waals surface area contributed by atoms with Gasteiger partial charge in [-0.2, -0.15) is 0 Å². The summed E-state index contributed by atoms with van der Waals surface area (Å²) in [4.78, 5) is 24.1. The molecule has 4 saturated carbocycles. The molecule has 0 spiro atoms. The molecule has 1 unspecified atom stereocenters. The van der Waals surface area contributed by atoms with Gasteiger partial charge in [0.15, 0.2) is 5.12 Å². The number of thioether (sulfide) groups is 1. The van der Waals surface area contributed by atoms with Gasteiger partial charge in [-0.1, -0.05) is 37.8 Å². The molecular formula is C22H32O2S. The minimum absolute atomic E-state index is 0.0493.